The summed E-state index contributed by atoms with van der Waals surface area (Å²) in [5, 5.41) is 4.79. The number of hydrogen-bond donors (Lipinski definition) is 1. The topological polar surface area (TPSA) is 58.6 Å². The van der Waals surface area contributed by atoms with E-state index in [0.717, 1.165) is 10.4 Å². The predicted octanol–water partition coefficient (Wildman–Crippen LogP) is 2.91. The highest BCUT2D eigenvalue weighted by molar-refractivity contribution is 7.09. The summed E-state index contributed by atoms with van der Waals surface area (Å²) in [4.78, 5) is 26.9. The molecular formula is C19H24N2O3S. The highest BCUT2D eigenvalue weighted by Crippen LogP contribution is 2.16. The molecule has 0 saturated carbocycles. The molecule has 2 aromatic rings. The number of aryl methyl sites for hydroxylation is 2. The minimum Gasteiger partial charge on any atom is -0.484 e. The molecule has 1 aromatic carbocycles. The van der Waals surface area contributed by atoms with E-state index in [2.05, 4.69) is 5.32 Å². The Bertz CT molecular complexity index is 713. The van der Waals surface area contributed by atoms with Gasteiger partial charge in [-0.2, -0.15) is 0 Å². The Morgan fingerprint density at radius 2 is 2.00 bits per heavy atom. The number of hydrogen-bond acceptors (Lipinski definition) is 4. The monoisotopic (exact) mass is 360 g/mol. The number of nitrogens with zero attached hydrogens (tertiary/aromatic N) is 1. The average Bonchev–Trinajstić information content (AvgIpc) is 3.12. The molecule has 2 amide bonds. The Morgan fingerprint density at radius 1 is 1.20 bits per heavy atom. The molecule has 0 saturated heterocycles. The van der Waals surface area contributed by atoms with Crippen LogP contribution in [0.4, 0.5) is 0 Å². The van der Waals surface area contributed by atoms with E-state index in [1.807, 2.05) is 56.5 Å². The second-order valence-electron chi connectivity index (χ2n) is 5.80. The third-order valence-corrected chi connectivity index (χ3v) is 4.83. The van der Waals surface area contributed by atoms with Gasteiger partial charge in [0.15, 0.2) is 6.61 Å². The third-order valence-electron chi connectivity index (χ3n) is 3.95. The van der Waals surface area contributed by atoms with Crippen LogP contribution >= 0.6 is 11.3 Å². The van der Waals surface area contributed by atoms with Crippen molar-refractivity contribution in [2.24, 2.45) is 0 Å². The maximum atomic E-state index is 12.3. The Hall–Kier alpha value is -2.34. The summed E-state index contributed by atoms with van der Waals surface area (Å²) in [7, 11) is 0. The number of carbonyl (C=O) groups excluding carboxylic acids is 2. The van der Waals surface area contributed by atoms with Crippen LogP contribution in [0.2, 0.25) is 0 Å². The van der Waals surface area contributed by atoms with E-state index in [-0.39, 0.29) is 25.0 Å². The predicted molar refractivity (Wildman–Crippen MR) is 99.8 cm³/mol. The number of rotatable bonds is 8. The van der Waals surface area contributed by atoms with Crippen LogP contribution in [-0.2, 0) is 16.1 Å². The van der Waals surface area contributed by atoms with Crippen LogP contribution < -0.4 is 10.1 Å². The van der Waals surface area contributed by atoms with Crippen molar-refractivity contribution in [3.05, 3.63) is 51.7 Å². The number of benzene rings is 1. The summed E-state index contributed by atoms with van der Waals surface area (Å²) in [5.74, 6) is 0.288. The first kappa shape index (κ1) is 19.0. The van der Waals surface area contributed by atoms with Gasteiger partial charge in [0, 0.05) is 11.4 Å². The summed E-state index contributed by atoms with van der Waals surface area (Å²) in [5.41, 5.74) is 2.29. The summed E-state index contributed by atoms with van der Waals surface area (Å²) in [6.45, 7) is 6.78. The van der Waals surface area contributed by atoms with Gasteiger partial charge < -0.3 is 15.0 Å². The summed E-state index contributed by atoms with van der Waals surface area (Å²) in [6, 6.07) is 9.63. The van der Waals surface area contributed by atoms with E-state index in [9.17, 15) is 9.59 Å². The van der Waals surface area contributed by atoms with Gasteiger partial charge in [-0.15, -0.1) is 11.3 Å². The fourth-order valence-electron chi connectivity index (χ4n) is 2.24. The van der Waals surface area contributed by atoms with Crippen molar-refractivity contribution in [3.8, 4) is 5.75 Å². The lowest BCUT2D eigenvalue weighted by atomic mass is 10.1. The lowest BCUT2D eigenvalue weighted by Gasteiger charge is -2.20. The fourth-order valence-corrected chi connectivity index (χ4v) is 2.89. The van der Waals surface area contributed by atoms with Crippen LogP contribution in [0.25, 0.3) is 0 Å². The van der Waals surface area contributed by atoms with Gasteiger partial charge in [-0.1, -0.05) is 12.1 Å². The molecule has 5 nitrogen and oxygen atoms in total. The Labute approximate surface area is 152 Å². The van der Waals surface area contributed by atoms with Gasteiger partial charge in [0.2, 0.25) is 5.91 Å². The Kier molecular flexibility index (Phi) is 7.01. The molecule has 6 heteroatoms. The average molecular weight is 360 g/mol. The Balaban J connectivity index is 1.80. The summed E-state index contributed by atoms with van der Waals surface area (Å²) < 4.78 is 5.57. The first-order valence-corrected chi connectivity index (χ1v) is 9.14. The normalized spacial score (nSPS) is 10.4. The van der Waals surface area contributed by atoms with Gasteiger partial charge in [0.05, 0.1) is 13.1 Å². The van der Waals surface area contributed by atoms with Crippen LogP contribution in [0.1, 0.15) is 22.9 Å². The van der Waals surface area contributed by atoms with Crippen molar-refractivity contribution in [2.45, 2.75) is 27.3 Å². The van der Waals surface area contributed by atoms with E-state index >= 15 is 0 Å². The summed E-state index contributed by atoms with van der Waals surface area (Å²) >= 11 is 1.59. The molecule has 0 aliphatic rings. The second-order valence-corrected chi connectivity index (χ2v) is 6.83. The van der Waals surface area contributed by atoms with E-state index in [1.54, 1.807) is 11.3 Å². The molecule has 0 aliphatic heterocycles. The van der Waals surface area contributed by atoms with Crippen LogP contribution in [0.5, 0.6) is 5.75 Å². The van der Waals surface area contributed by atoms with Crippen molar-refractivity contribution in [2.75, 3.05) is 19.7 Å². The Morgan fingerprint density at radius 3 is 2.64 bits per heavy atom. The largest absolute Gasteiger partial charge is 0.484 e. The van der Waals surface area contributed by atoms with Crippen molar-refractivity contribution < 1.29 is 14.3 Å². The number of amides is 2. The highest BCUT2D eigenvalue weighted by Gasteiger charge is 2.16. The first-order valence-electron chi connectivity index (χ1n) is 8.26. The van der Waals surface area contributed by atoms with Crippen LogP contribution in [0, 0.1) is 13.8 Å². The molecule has 1 aromatic heterocycles. The van der Waals surface area contributed by atoms with Gasteiger partial charge in [-0.25, -0.2) is 0 Å². The molecule has 0 aliphatic carbocycles. The van der Waals surface area contributed by atoms with Crippen LogP contribution in [-0.4, -0.2) is 36.4 Å². The standard InChI is InChI=1S/C19H24N2O3S/c1-4-21(12-18(22)20-11-17-6-5-9-25-17)19(23)13-24-16-8-7-14(2)15(3)10-16/h5-10H,4,11-13H2,1-3H3,(H,20,22). The van der Waals surface area contributed by atoms with E-state index in [0.29, 0.717) is 18.8 Å². The van der Waals surface area contributed by atoms with Gasteiger partial charge in [-0.3, -0.25) is 9.59 Å². The van der Waals surface area contributed by atoms with Crippen LogP contribution in [0.15, 0.2) is 35.7 Å². The smallest absolute Gasteiger partial charge is 0.260 e. The minimum absolute atomic E-state index is 0.0387. The number of likely N-dealkylation sites (N-methyl/N-ethyl adjacent to an activating group) is 1. The number of ether oxygens (including phenoxy) is 1. The number of carbonyl (C=O) groups is 2. The lowest BCUT2D eigenvalue weighted by molar-refractivity contribution is -0.137. The van der Waals surface area contributed by atoms with Crippen LogP contribution in [0.3, 0.4) is 0 Å². The molecule has 0 bridgehead atoms. The van der Waals surface area contributed by atoms with E-state index < -0.39 is 0 Å². The molecule has 0 spiro atoms. The zero-order chi connectivity index (χ0) is 18.2. The lowest BCUT2D eigenvalue weighted by Crippen LogP contribution is -2.42. The molecule has 0 unspecified atom stereocenters. The van der Waals surface area contributed by atoms with Gasteiger partial charge in [0.25, 0.3) is 5.91 Å². The SMILES string of the molecule is CCN(CC(=O)NCc1cccs1)C(=O)COc1ccc(C)c(C)c1. The van der Waals surface area contributed by atoms with Gasteiger partial charge in [-0.05, 0) is 55.5 Å². The molecule has 0 radical (unpaired) electrons. The molecule has 2 rings (SSSR count). The van der Waals surface area contributed by atoms with Gasteiger partial charge in [0.1, 0.15) is 5.75 Å². The fraction of sp³-hybridized carbons (Fsp3) is 0.368. The second kappa shape index (κ2) is 9.22. The zero-order valence-corrected chi connectivity index (χ0v) is 15.7. The molecule has 25 heavy (non-hydrogen) atoms. The first-order chi connectivity index (χ1) is 12.0. The van der Waals surface area contributed by atoms with Gasteiger partial charge >= 0.3 is 0 Å². The van der Waals surface area contributed by atoms with Crippen molar-refractivity contribution in [3.63, 3.8) is 0 Å². The van der Waals surface area contributed by atoms with Crippen molar-refractivity contribution in [1.82, 2.24) is 10.2 Å². The molecular weight excluding hydrogens is 336 g/mol. The minimum atomic E-state index is -0.202. The molecule has 1 heterocycles. The number of nitrogens with one attached hydrogen (secondary N) is 1. The summed E-state index contributed by atoms with van der Waals surface area (Å²) in [6.07, 6.45) is 0. The highest BCUT2D eigenvalue weighted by atomic mass is 32.1. The van der Waals surface area contributed by atoms with Crippen molar-refractivity contribution >= 4 is 23.2 Å². The number of thiophene rings is 1. The maximum Gasteiger partial charge on any atom is 0.260 e. The zero-order valence-electron chi connectivity index (χ0n) is 14.9. The maximum absolute atomic E-state index is 12.3. The molecule has 0 fully saturated rings. The quantitative estimate of drug-likeness (QED) is 0.787. The molecule has 1 N–H and O–H groups in total. The van der Waals surface area contributed by atoms with Crippen molar-refractivity contribution in [1.29, 1.82) is 0 Å². The molecule has 134 valence electrons. The molecule has 0 atom stereocenters. The van der Waals surface area contributed by atoms with E-state index in [4.69, 9.17) is 4.74 Å². The van der Waals surface area contributed by atoms with E-state index in [1.165, 1.54) is 10.5 Å². The third kappa shape index (κ3) is 5.90.